The highest BCUT2D eigenvalue weighted by Gasteiger charge is 2.17. The van der Waals surface area contributed by atoms with Crippen molar-refractivity contribution in [2.75, 3.05) is 6.67 Å². The summed E-state index contributed by atoms with van der Waals surface area (Å²) in [5.74, 6) is 1.49. The van der Waals surface area contributed by atoms with Crippen LogP contribution in [0.5, 0.6) is 0 Å². The summed E-state index contributed by atoms with van der Waals surface area (Å²) >= 11 is 0. The molecule has 0 heterocycles. The average molecular weight is 158 g/mol. The molecule has 0 radical (unpaired) electrons. The van der Waals surface area contributed by atoms with E-state index in [0.29, 0.717) is 12.7 Å². The van der Waals surface area contributed by atoms with Gasteiger partial charge in [-0.15, -0.1) is 0 Å². The van der Waals surface area contributed by atoms with Crippen molar-refractivity contribution in [3.63, 3.8) is 0 Å². The van der Waals surface area contributed by atoms with Crippen LogP contribution in [0.2, 0.25) is 0 Å². The standard InChI is InChI=1S/C9H22N2/c1-5-9(7(2)3)8(4)11-6-10/h7-9,11H,5-6,10H2,1-4H3. The largest absolute Gasteiger partial charge is 0.318 e. The van der Waals surface area contributed by atoms with Crippen molar-refractivity contribution in [2.45, 2.75) is 40.2 Å². The molecule has 0 aromatic rings. The zero-order valence-corrected chi connectivity index (χ0v) is 8.22. The molecule has 3 N–H and O–H groups in total. The van der Waals surface area contributed by atoms with E-state index in [9.17, 15) is 0 Å². The molecule has 2 atom stereocenters. The second-order valence-electron chi connectivity index (χ2n) is 3.51. The van der Waals surface area contributed by atoms with E-state index in [4.69, 9.17) is 5.73 Å². The third-order valence-corrected chi connectivity index (χ3v) is 2.41. The second kappa shape index (κ2) is 5.56. The fourth-order valence-electron chi connectivity index (χ4n) is 1.74. The van der Waals surface area contributed by atoms with Gasteiger partial charge < -0.3 is 11.1 Å². The zero-order chi connectivity index (χ0) is 8.85. The van der Waals surface area contributed by atoms with E-state index in [1.165, 1.54) is 6.42 Å². The second-order valence-corrected chi connectivity index (χ2v) is 3.51. The Morgan fingerprint density at radius 2 is 1.82 bits per heavy atom. The van der Waals surface area contributed by atoms with E-state index in [0.717, 1.165) is 11.8 Å². The van der Waals surface area contributed by atoms with Crippen LogP contribution in [-0.2, 0) is 0 Å². The molecule has 0 amide bonds. The lowest BCUT2D eigenvalue weighted by Gasteiger charge is -2.26. The maximum atomic E-state index is 5.41. The molecular formula is C9H22N2. The minimum Gasteiger partial charge on any atom is -0.318 e. The first-order valence-electron chi connectivity index (χ1n) is 4.56. The molecule has 68 valence electrons. The quantitative estimate of drug-likeness (QED) is 0.596. The lowest BCUT2D eigenvalue weighted by molar-refractivity contribution is 0.284. The summed E-state index contributed by atoms with van der Waals surface area (Å²) in [5, 5.41) is 3.26. The summed E-state index contributed by atoms with van der Waals surface area (Å²) in [6, 6.07) is 0.546. The molecule has 0 spiro atoms. The van der Waals surface area contributed by atoms with Crippen molar-refractivity contribution in [2.24, 2.45) is 17.6 Å². The van der Waals surface area contributed by atoms with Crippen LogP contribution in [0.15, 0.2) is 0 Å². The summed E-state index contributed by atoms with van der Waals surface area (Å²) < 4.78 is 0. The van der Waals surface area contributed by atoms with Crippen molar-refractivity contribution < 1.29 is 0 Å². The Morgan fingerprint density at radius 1 is 1.27 bits per heavy atom. The predicted molar refractivity (Wildman–Crippen MR) is 50.3 cm³/mol. The van der Waals surface area contributed by atoms with Crippen LogP contribution in [0.1, 0.15) is 34.1 Å². The van der Waals surface area contributed by atoms with Gasteiger partial charge in [0.25, 0.3) is 0 Å². The Morgan fingerprint density at radius 3 is 2.09 bits per heavy atom. The van der Waals surface area contributed by atoms with E-state index in [1.807, 2.05) is 0 Å². The molecule has 0 saturated heterocycles. The van der Waals surface area contributed by atoms with Gasteiger partial charge in [0.05, 0.1) is 0 Å². The zero-order valence-electron chi connectivity index (χ0n) is 8.22. The van der Waals surface area contributed by atoms with Gasteiger partial charge in [-0.25, -0.2) is 0 Å². The molecule has 0 rings (SSSR count). The topological polar surface area (TPSA) is 38.0 Å². The molecule has 2 heteroatoms. The summed E-state index contributed by atoms with van der Waals surface area (Å²) in [6.07, 6.45) is 1.23. The average Bonchev–Trinajstić information content (AvgIpc) is 1.88. The minimum atomic E-state index is 0.546. The van der Waals surface area contributed by atoms with Crippen LogP contribution >= 0.6 is 0 Å². The Labute approximate surface area is 70.5 Å². The summed E-state index contributed by atoms with van der Waals surface area (Å²) in [7, 11) is 0. The fraction of sp³-hybridized carbons (Fsp3) is 1.00. The Balaban J connectivity index is 3.81. The van der Waals surface area contributed by atoms with Crippen LogP contribution < -0.4 is 11.1 Å². The molecule has 0 aromatic carbocycles. The van der Waals surface area contributed by atoms with Crippen LogP contribution in [0.25, 0.3) is 0 Å². The molecular weight excluding hydrogens is 136 g/mol. The Hall–Kier alpha value is -0.0800. The number of nitrogens with two attached hydrogens (primary N) is 1. The fourth-order valence-corrected chi connectivity index (χ4v) is 1.74. The van der Waals surface area contributed by atoms with Crippen LogP contribution in [0.4, 0.5) is 0 Å². The summed E-state index contributed by atoms with van der Waals surface area (Å²) in [6.45, 7) is 9.57. The molecule has 0 bridgehead atoms. The normalized spacial score (nSPS) is 16.9. The molecule has 0 aliphatic heterocycles. The van der Waals surface area contributed by atoms with E-state index >= 15 is 0 Å². The number of hydrogen-bond donors (Lipinski definition) is 2. The number of hydrogen-bond acceptors (Lipinski definition) is 2. The maximum absolute atomic E-state index is 5.41. The molecule has 0 aliphatic rings. The monoisotopic (exact) mass is 158 g/mol. The highest BCUT2D eigenvalue weighted by molar-refractivity contribution is 4.72. The van der Waals surface area contributed by atoms with Crippen LogP contribution in [-0.4, -0.2) is 12.7 Å². The van der Waals surface area contributed by atoms with Gasteiger partial charge >= 0.3 is 0 Å². The van der Waals surface area contributed by atoms with Gasteiger partial charge in [-0.05, 0) is 18.8 Å². The van der Waals surface area contributed by atoms with Crippen molar-refractivity contribution in [3.8, 4) is 0 Å². The van der Waals surface area contributed by atoms with Gasteiger partial charge in [0.15, 0.2) is 0 Å². The molecule has 11 heavy (non-hydrogen) atoms. The highest BCUT2D eigenvalue weighted by Crippen LogP contribution is 2.18. The van der Waals surface area contributed by atoms with Gasteiger partial charge in [0.2, 0.25) is 0 Å². The molecule has 0 aromatic heterocycles. The van der Waals surface area contributed by atoms with E-state index in [2.05, 4.69) is 33.0 Å². The van der Waals surface area contributed by atoms with Gasteiger partial charge in [-0.2, -0.15) is 0 Å². The van der Waals surface area contributed by atoms with Gasteiger partial charge in [0, 0.05) is 12.7 Å². The lowest BCUT2D eigenvalue weighted by atomic mass is 9.87. The number of rotatable bonds is 5. The van der Waals surface area contributed by atoms with Gasteiger partial charge in [0.1, 0.15) is 0 Å². The first-order valence-corrected chi connectivity index (χ1v) is 4.56. The smallest absolute Gasteiger partial charge is 0.0430 e. The molecule has 2 nitrogen and oxygen atoms in total. The van der Waals surface area contributed by atoms with E-state index in [1.54, 1.807) is 0 Å². The van der Waals surface area contributed by atoms with Crippen LogP contribution in [0.3, 0.4) is 0 Å². The SMILES string of the molecule is CCC(C(C)C)C(C)NCN. The summed E-state index contributed by atoms with van der Waals surface area (Å²) in [5.41, 5.74) is 5.41. The third kappa shape index (κ3) is 3.73. The van der Waals surface area contributed by atoms with Crippen molar-refractivity contribution in [3.05, 3.63) is 0 Å². The Bertz CT molecular complexity index is 91.6. The summed E-state index contributed by atoms with van der Waals surface area (Å²) in [4.78, 5) is 0. The minimum absolute atomic E-state index is 0.546. The van der Waals surface area contributed by atoms with Crippen LogP contribution in [0, 0.1) is 11.8 Å². The van der Waals surface area contributed by atoms with E-state index < -0.39 is 0 Å². The van der Waals surface area contributed by atoms with Crippen molar-refractivity contribution in [1.29, 1.82) is 0 Å². The maximum Gasteiger partial charge on any atom is 0.0430 e. The van der Waals surface area contributed by atoms with E-state index in [-0.39, 0.29) is 0 Å². The highest BCUT2D eigenvalue weighted by atomic mass is 15.0. The predicted octanol–water partition coefficient (Wildman–Crippen LogP) is 1.56. The molecule has 2 unspecified atom stereocenters. The number of nitrogens with one attached hydrogen (secondary N) is 1. The Kier molecular flexibility index (Phi) is 5.51. The van der Waals surface area contributed by atoms with Gasteiger partial charge in [-0.1, -0.05) is 27.2 Å². The molecule has 0 aliphatic carbocycles. The first kappa shape index (κ1) is 10.9. The molecule has 0 saturated carbocycles. The van der Waals surface area contributed by atoms with Crippen molar-refractivity contribution >= 4 is 0 Å². The first-order chi connectivity index (χ1) is 5.13. The van der Waals surface area contributed by atoms with Crippen molar-refractivity contribution in [1.82, 2.24) is 5.32 Å². The third-order valence-electron chi connectivity index (χ3n) is 2.41. The van der Waals surface area contributed by atoms with Gasteiger partial charge in [-0.3, -0.25) is 0 Å². The lowest BCUT2D eigenvalue weighted by Crippen LogP contribution is -2.39. The molecule has 0 fully saturated rings.